The van der Waals surface area contributed by atoms with Gasteiger partial charge < -0.3 is 10.1 Å². The Morgan fingerprint density at radius 3 is 3.04 bits per heavy atom. The normalized spacial score (nSPS) is 17.0. The Bertz CT molecular complexity index is 756. The standard InChI is InChI=1S/C18H25N5O2S/c1-12(2)15-8-4-6-13(3)17(15)19-16(24)11-26-18-20-21-22-23(18)10-14-7-5-9-25-14/h4,6,8,12,14H,5,7,9-11H2,1-3H3,(H,19,24). The smallest absolute Gasteiger partial charge is 0.234 e. The summed E-state index contributed by atoms with van der Waals surface area (Å²) in [7, 11) is 0. The molecular weight excluding hydrogens is 350 g/mol. The number of amides is 1. The lowest BCUT2D eigenvalue weighted by molar-refractivity contribution is -0.113. The van der Waals surface area contributed by atoms with E-state index >= 15 is 0 Å². The first-order chi connectivity index (χ1) is 12.5. The van der Waals surface area contributed by atoms with Crippen LogP contribution in [-0.4, -0.2) is 44.6 Å². The molecule has 26 heavy (non-hydrogen) atoms. The third kappa shape index (κ3) is 4.62. The number of thioether (sulfide) groups is 1. The van der Waals surface area contributed by atoms with Crippen LogP contribution in [0.2, 0.25) is 0 Å². The predicted octanol–water partition coefficient (Wildman–Crippen LogP) is 3.01. The molecule has 1 N–H and O–H groups in total. The molecular formula is C18H25N5O2S. The molecule has 140 valence electrons. The minimum absolute atomic E-state index is 0.0575. The molecule has 0 bridgehead atoms. The number of carbonyl (C=O) groups is 1. The van der Waals surface area contributed by atoms with Gasteiger partial charge in [-0.05, 0) is 47.2 Å². The molecule has 1 aliphatic rings. The van der Waals surface area contributed by atoms with Crippen molar-refractivity contribution in [2.75, 3.05) is 17.7 Å². The third-order valence-electron chi connectivity index (χ3n) is 4.42. The van der Waals surface area contributed by atoms with E-state index in [0.717, 1.165) is 36.3 Å². The summed E-state index contributed by atoms with van der Waals surface area (Å²) < 4.78 is 7.35. The van der Waals surface area contributed by atoms with E-state index in [1.54, 1.807) is 4.68 Å². The molecule has 3 rings (SSSR count). The van der Waals surface area contributed by atoms with E-state index in [9.17, 15) is 4.79 Å². The van der Waals surface area contributed by atoms with Crippen LogP contribution >= 0.6 is 11.8 Å². The number of para-hydroxylation sites is 1. The van der Waals surface area contributed by atoms with Gasteiger partial charge in [0.15, 0.2) is 0 Å². The highest BCUT2D eigenvalue weighted by Crippen LogP contribution is 2.28. The van der Waals surface area contributed by atoms with Crippen LogP contribution in [0.5, 0.6) is 0 Å². The van der Waals surface area contributed by atoms with Gasteiger partial charge in [0.1, 0.15) is 0 Å². The minimum Gasteiger partial charge on any atom is -0.376 e. The fourth-order valence-electron chi connectivity index (χ4n) is 3.04. The summed E-state index contributed by atoms with van der Waals surface area (Å²) in [5.74, 6) is 0.548. The number of anilines is 1. The van der Waals surface area contributed by atoms with Crippen molar-refractivity contribution in [1.82, 2.24) is 20.2 Å². The first-order valence-corrected chi connectivity index (χ1v) is 9.93. The van der Waals surface area contributed by atoms with Crippen LogP contribution in [0.25, 0.3) is 0 Å². The second-order valence-electron chi connectivity index (χ2n) is 6.81. The van der Waals surface area contributed by atoms with Gasteiger partial charge in [0.25, 0.3) is 0 Å². The topological polar surface area (TPSA) is 81.9 Å². The Morgan fingerprint density at radius 2 is 2.31 bits per heavy atom. The fourth-order valence-corrected chi connectivity index (χ4v) is 3.73. The largest absolute Gasteiger partial charge is 0.376 e. The Balaban J connectivity index is 1.59. The number of hydrogen-bond donors (Lipinski definition) is 1. The Morgan fingerprint density at radius 1 is 1.46 bits per heavy atom. The van der Waals surface area contributed by atoms with Crippen molar-refractivity contribution >= 4 is 23.4 Å². The molecule has 0 saturated carbocycles. The molecule has 8 heteroatoms. The van der Waals surface area contributed by atoms with Crippen molar-refractivity contribution in [1.29, 1.82) is 0 Å². The molecule has 1 atom stereocenters. The summed E-state index contributed by atoms with van der Waals surface area (Å²) in [6.07, 6.45) is 2.26. The molecule has 1 amide bonds. The summed E-state index contributed by atoms with van der Waals surface area (Å²) >= 11 is 1.34. The quantitative estimate of drug-likeness (QED) is 0.749. The van der Waals surface area contributed by atoms with Crippen molar-refractivity contribution in [3.63, 3.8) is 0 Å². The van der Waals surface area contributed by atoms with Crippen molar-refractivity contribution in [3.05, 3.63) is 29.3 Å². The maximum atomic E-state index is 12.5. The Labute approximate surface area is 157 Å². The molecule has 1 unspecified atom stereocenters. The molecule has 1 fully saturated rings. The van der Waals surface area contributed by atoms with Crippen LogP contribution in [0.15, 0.2) is 23.4 Å². The monoisotopic (exact) mass is 375 g/mol. The van der Waals surface area contributed by atoms with E-state index in [0.29, 0.717) is 17.6 Å². The van der Waals surface area contributed by atoms with Crippen molar-refractivity contribution in [2.45, 2.75) is 57.3 Å². The van der Waals surface area contributed by atoms with E-state index < -0.39 is 0 Å². The SMILES string of the molecule is Cc1cccc(C(C)C)c1NC(=O)CSc1nnnn1CC1CCCO1. The zero-order valence-corrected chi connectivity index (χ0v) is 16.3. The van der Waals surface area contributed by atoms with Crippen LogP contribution in [0.3, 0.4) is 0 Å². The van der Waals surface area contributed by atoms with E-state index in [4.69, 9.17) is 4.74 Å². The lowest BCUT2D eigenvalue weighted by Crippen LogP contribution is -2.19. The van der Waals surface area contributed by atoms with Gasteiger partial charge in [-0.25, -0.2) is 4.68 Å². The van der Waals surface area contributed by atoms with E-state index in [-0.39, 0.29) is 17.8 Å². The van der Waals surface area contributed by atoms with Gasteiger partial charge in [0.2, 0.25) is 11.1 Å². The average molecular weight is 375 g/mol. The maximum Gasteiger partial charge on any atom is 0.234 e. The van der Waals surface area contributed by atoms with E-state index in [2.05, 4.69) is 40.8 Å². The van der Waals surface area contributed by atoms with E-state index in [1.165, 1.54) is 11.8 Å². The number of ether oxygens (including phenoxy) is 1. The average Bonchev–Trinajstić information content (AvgIpc) is 3.27. The van der Waals surface area contributed by atoms with Crippen LogP contribution < -0.4 is 5.32 Å². The van der Waals surface area contributed by atoms with Gasteiger partial charge in [-0.15, -0.1) is 5.10 Å². The van der Waals surface area contributed by atoms with Gasteiger partial charge in [-0.1, -0.05) is 43.8 Å². The Kier molecular flexibility index (Phi) is 6.26. The number of rotatable bonds is 7. The highest BCUT2D eigenvalue weighted by molar-refractivity contribution is 7.99. The molecule has 1 aliphatic heterocycles. The van der Waals surface area contributed by atoms with Gasteiger partial charge in [-0.2, -0.15) is 0 Å². The first kappa shape index (κ1) is 18.8. The van der Waals surface area contributed by atoms with Crippen LogP contribution in [0.4, 0.5) is 5.69 Å². The van der Waals surface area contributed by atoms with Gasteiger partial charge in [0.05, 0.1) is 18.4 Å². The molecule has 2 heterocycles. The molecule has 0 radical (unpaired) electrons. The van der Waals surface area contributed by atoms with E-state index in [1.807, 2.05) is 19.1 Å². The minimum atomic E-state index is -0.0575. The first-order valence-electron chi connectivity index (χ1n) is 8.94. The highest BCUT2D eigenvalue weighted by atomic mass is 32.2. The molecule has 0 aliphatic carbocycles. The fraction of sp³-hybridized carbons (Fsp3) is 0.556. The lowest BCUT2D eigenvalue weighted by Gasteiger charge is -2.16. The van der Waals surface area contributed by atoms with Crippen LogP contribution in [-0.2, 0) is 16.1 Å². The number of hydrogen-bond acceptors (Lipinski definition) is 6. The Hall–Kier alpha value is -1.93. The lowest BCUT2D eigenvalue weighted by atomic mass is 9.98. The van der Waals surface area contributed by atoms with Crippen molar-refractivity contribution in [3.8, 4) is 0 Å². The second-order valence-corrected chi connectivity index (χ2v) is 7.75. The van der Waals surface area contributed by atoms with Gasteiger partial charge >= 0.3 is 0 Å². The molecule has 1 saturated heterocycles. The number of carbonyl (C=O) groups excluding carboxylic acids is 1. The van der Waals surface area contributed by atoms with Gasteiger partial charge in [-0.3, -0.25) is 4.79 Å². The zero-order chi connectivity index (χ0) is 18.5. The summed E-state index contributed by atoms with van der Waals surface area (Å²) in [6.45, 7) is 7.69. The number of nitrogens with one attached hydrogen (secondary N) is 1. The molecule has 1 aromatic carbocycles. The number of aromatic nitrogens is 4. The molecule has 1 aromatic heterocycles. The predicted molar refractivity (Wildman–Crippen MR) is 101 cm³/mol. The third-order valence-corrected chi connectivity index (χ3v) is 5.38. The number of benzene rings is 1. The molecule has 2 aromatic rings. The summed E-state index contributed by atoms with van der Waals surface area (Å²) in [5, 5.41) is 15.5. The second kappa shape index (κ2) is 8.64. The number of nitrogens with zero attached hydrogens (tertiary/aromatic N) is 4. The molecule has 7 nitrogen and oxygen atoms in total. The van der Waals surface area contributed by atoms with Crippen LogP contribution in [0.1, 0.15) is 43.7 Å². The van der Waals surface area contributed by atoms with Crippen molar-refractivity contribution in [2.24, 2.45) is 0 Å². The molecule has 0 spiro atoms. The van der Waals surface area contributed by atoms with Gasteiger partial charge in [0, 0.05) is 12.3 Å². The highest BCUT2D eigenvalue weighted by Gasteiger charge is 2.19. The van der Waals surface area contributed by atoms with Crippen molar-refractivity contribution < 1.29 is 9.53 Å². The number of tetrazole rings is 1. The summed E-state index contributed by atoms with van der Waals surface area (Å²) in [4.78, 5) is 12.5. The number of aryl methyl sites for hydroxylation is 1. The summed E-state index contributed by atoms with van der Waals surface area (Å²) in [5.41, 5.74) is 3.12. The summed E-state index contributed by atoms with van der Waals surface area (Å²) in [6, 6.07) is 6.09. The zero-order valence-electron chi connectivity index (χ0n) is 15.4. The van der Waals surface area contributed by atoms with Crippen LogP contribution in [0, 0.1) is 6.92 Å². The maximum absolute atomic E-state index is 12.5.